The van der Waals surface area contributed by atoms with Gasteiger partial charge in [0.1, 0.15) is 11.6 Å². The van der Waals surface area contributed by atoms with E-state index in [4.69, 9.17) is 10.6 Å². The third-order valence-electron chi connectivity index (χ3n) is 4.24. The summed E-state index contributed by atoms with van der Waals surface area (Å²) >= 11 is 1.22. The maximum absolute atomic E-state index is 12.9. The first-order chi connectivity index (χ1) is 14.0. The third-order valence-corrected chi connectivity index (χ3v) is 5.18. The first kappa shape index (κ1) is 20.7. The van der Waals surface area contributed by atoms with Gasteiger partial charge in [-0.05, 0) is 41.8 Å². The predicted octanol–water partition coefficient (Wildman–Crippen LogP) is 2.18. The zero-order chi connectivity index (χ0) is 20.6. The van der Waals surface area contributed by atoms with E-state index in [2.05, 4.69) is 15.5 Å². The minimum absolute atomic E-state index is 0.128. The molecular formula is C20H22FN5O2S. The number of rotatable bonds is 9. The Kier molecular flexibility index (Phi) is 7.07. The van der Waals surface area contributed by atoms with Gasteiger partial charge in [-0.25, -0.2) is 9.07 Å². The van der Waals surface area contributed by atoms with Crippen molar-refractivity contribution in [3.05, 3.63) is 71.3 Å². The van der Waals surface area contributed by atoms with E-state index < -0.39 is 0 Å². The summed E-state index contributed by atoms with van der Waals surface area (Å²) in [5.41, 5.74) is 1.99. The van der Waals surface area contributed by atoms with Crippen molar-refractivity contribution in [1.29, 1.82) is 0 Å². The molecule has 0 unspecified atom stereocenters. The van der Waals surface area contributed by atoms with E-state index in [1.54, 1.807) is 19.2 Å². The number of halogens is 1. The minimum atomic E-state index is -0.272. The fraction of sp³-hybridized carbons (Fsp3) is 0.250. The highest BCUT2D eigenvalue weighted by Gasteiger charge is 2.13. The number of benzene rings is 2. The first-order valence-electron chi connectivity index (χ1n) is 9.01. The topological polar surface area (TPSA) is 95.1 Å². The molecule has 0 aliphatic rings. The zero-order valence-electron chi connectivity index (χ0n) is 16.0. The Hall–Kier alpha value is -3.07. The summed E-state index contributed by atoms with van der Waals surface area (Å²) in [7, 11) is 1.62. The molecule has 0 radical (unpaired) electrons. The van der Waals surface area contributed by atoms with Gasteiger partial charge in [-0.1, -0.05) is 36.0 Å². The fourth-order valence-corrected chi connectivity index (χ4v) is 3.34. The number of nitrogens with one attached hydrogen (secondary N) is 1. The first-order valence-corrected chi connectivity index (χ1v) is 10.00. The number of hydrogen-bond acceptors (Lipinski definition) is 6. The van der Waals surface area contributed by atoms with Gasteiger partial charge in [0.05, 0.1) is 12.9 Å². The molecule has 7 nitrogen and oxygen atoms in total. The van der Waals surface area contributed by atoms with Crippen LogP contribution in [-0.4, -0.2) is 40.2 Å². The van der Waals surface area contributed by atoms with Gasteiger partial charge in [0.15, 0.2) is 5.82 Å². The molecule has 1 aromatic heterocycles. The Morgan fingerprint density at radius 2 is 1.83 bits per heavy atom. The SMILES string of the molecule is COc1ccc(Cc2nnc(SCC(=O)NCCc3ccc(F)cc3)n2N)cc1. The van der Waals surface area contributed by atoms with E-state index in [1.807, 2.05) is 24.3 Å². The summed E-state index contributed by atoms with van der Waals surface area (Å²) in [5, 5.41) is 11.5. The molecular weight excluding hydrogens is 393 g/mol. The average Bonchev–Trinajstić information content (AvgIpc) is 3.08. The number of aromatic nitrogens is 3. The lowest BCUT2D eigenvalue weighted by molar-refractivity contribution is -0.118. The normalized spacial score (nSPS) is 10.7. The number of thioether (sulfide) groups is 1. The minimum Gasteiger partial charge on any atom is -0.497 e. The number of carbonyl (C=O) groups excluding carboxylic acids is 1. The molecule has 3 N–H and O–H groups in total. The highest BCUT2D eigenvalue weighted by molar-refractivity contribution is 7.99. The molecule has 9 heteroatoms. The van der Waals surface area contributed by atoms with Crippen LogP contribution in [0.15, 0.2) is 53.7 Å². The number of nitrogens with zero attached hydrogens (tertiary/aromatic N) is 3. The second-order valence-electron chi connectivity index (χ2n) is 6.31. The average molecular weight is 415 g/mol. The quantitative estimate of drug-likeness (QED) is 0.411. The highest BCUT2D eigenvalue weighted by atomic mass is 32.2. The molecule has 1 heterocycles. The molecule has 3 aromatic rings. The van der Waals surface area contributed by atoms with Gasteiger partial charge in [0.25, 0.3) is 0 Å². The van der Waals surface area contributed by atoms with Crippen LogP contribution in [0.1, 0.15) is 17.0 Å². The summed E-state index contributed by atoms with van der Waals surface area (Å²) in [4.78, 5) is 12.0. The third kappa shape index (κ3) is 5.95. The molecule has 0 spiro atoms. The lowest BCUT2D eigenvalue weighted by Gasteiger charge is -2.06. The van der Waals surface area contributed by atoms with E-state index in [9.17, 15) is 9.18 Å². The lowest BCUT2D eigenvalue weighted by Crippen LogP contribution is -2.27. The van der Waals surface area contributed by atoms with Gasteiger partial charge in [-0.3, -0.25) is 4.79 Å². The molecule has 0 aliphatic carbocycles. The van der Waals surface area contributed by atoms with Crippen LogP contribution >= 0.6 is 11.8 Å². The molecule has 0 aliphatic heterocycles. The lowest BCUT2D eigenvalue weighted by atomic mass is 10.1. The summed E-state index contributed by atoms with van der Waals surface area (Å²) in [6, 6.07) is 13.9. The Morgan fingerprint density at radius 3 is 2.52 bits per heavy atom. The molecule has 0 atom stereocenters. The van der Waals surface area contributed by atoms with Gasteiger partial charge < -0.3 is 15.9 Å². The number of hydrogen-bond donors (Lipinski definition) is 2. The number of nitrogens with two attached hydrogens (primary N) is 1. The molecule has 1 amide bonds. The molecule has 3 rings (SSSR count). The number of nitrogen functional groups attached to an aromatic ring is 1. The Labute approximate surface area is 172 Å². The van der Waals surface area contributed by atoms with Crippen LogP contribution in [0.5, 0.6) is 5.75 Å². The summed E-state index contributed by atoms with van der Waals surface area (Å²) in [6.45, 7) is 0.475. The highest BCUT2D eigenvalue weighted by Crippen LogP contribution is 2.17. The smallest absolute Gasteiger partial charge is 0.230 e. The molecule has 0 fully saturated rings. The van der Waals surface area contributed by atoms with Crippen LogP contribution in [0, 0.1) is 5.82 Å². The molecule has 0 saturated heterocycles. The number of ether oxygens (including phenoxy) is 1. The number of amides is 1. The van der Waals surface area contributed by atoms with Gasteiger partial charge >= 0.3 is 0 Å². The number of carbonyl (C=O) groups is 1. The van der Waals surface area contributed by atoms with Crippen LogP contribution < -0.4 is 15.9 Å². The second kappa shape index (κ2) is 9.92. The van der Waals surface area contributed by atoms with E-state index in [-0.39, 0.29) is 17.5 Å². The van der Waals surface area contributed by atoms with Gasteiger partial charge in [0.2, 0.25) is 11.1 Å². The van der Waals surface area contributed by atoms with Crippen LogP contribution in [0.2, 0.25) is 0 Å². The van der Waals surface area contributed by atoms with Crippen LogP contribution in [-0.2, 0) is 17.6 Å². The van der Waals surface area contributed by atoms with Crippen molar-refractivity contribution in [1.82, 2.24) is 20.2 Å². The van der Waals surface area contributed by atoms with Crippen molar-refractivity contribution in [2.75, 3.05) is 25.3 Å². The van der Waals surface area contributed by atoms with Crippen molar-refractivity contribution in [2.24, 2.45) is 0 Å². The van der Waals surface area contributed by atoms with Crippen molar-refractivity contribution >= 4 is 17.7 Å². The van der Waals surface area contributed by atoms with E-state index in [0.717, 1.165) is 16.9 Å². The van der Waals surface area contributed by atoms with Crippen LogP contribution in [0.3, 0.4) is 0 Å². The van der Waals surface area contributed by atoms with Crippen molar-refractivity contribution in [3.8, 4) is 5.75 Å². The maximum Gasteiger partial charge on any atom is 0.230 e. The van der Waals surface area contributed by atoms with Crippen molar-refractivity contribution in [2.45, 2.75) is 18.0 Å². The zero-order valence-corrected chi connectivity index (χ0v) is 16.8. The van der Waals surface area contributed by atoms with Gasteiger partial charge in [-0.15, -0.1) is 10.2 Å². The number of methoxy groups -OCH3 is 1. The Bertz CT molecular complexity index is 945. The monoisotopic (exact) mass is 415 g/mol. The standard InChI is InChI=1S/C20H22FN5O2S/c1-28-17-8-4-15(5-9-17)12-18-24-25-20(26(18)22)29-13-19(27)23-11-10-14-2-6-16(21)7-3-14/h2-9H,10-13,22H2,1H3,(H,23,27). The van der Waals surface area contributed by atoms with Gasteiger partial charge in [-0.2, -0.15) is 0 Å². The Balaban J connectivity index is 1.45. The van der Waals surface area contributed by atoms with Crippen LogP contribution in [0.4, 0.5) is 4.39 Å². The molecule has 152 valence electrons. The maximum atomic E-state index is 12.9. The van der Waals surface area contributed by atoms with E-state index in [0.29, 0.717) is 30.4 Å². The van der Waals surface area contributed by atoms with E-state index >= 15 is 0 Å². The summed E-state index contributed by atoms with van der Waals surface area (Å²) < 4.78 is 19.4. The van der Waals surface area contributed by atoms with Crippen molar-refractivity contribution < 1.29 is 13.9 Å². The molecule has 29 heavy (non-hydrogen) atoms. The van der Waals surface area contributed by atoms with E-state index in [1.165, 1.54) is 28.6 Å². The summed E-state index contributed by atoms with van der Waals surface area (Å²) in [6.07, 6.45) is 1.16. The second-order valence-corrected chi connectivity index (χ2v) is 7.25. The van der Waals surface area contributed by atoms with Gasteiger partial charge in [0, 0.05) is 13.0 Å². The molecule has 0 saturated carbocycles. The molecule has 2 aromatic carbocycles. The van der Waals surface area contributed by atoms with Crippen LogP contribution in [0.25, 0.3) is 0 Å². The Morgan fingerprint density at radius 1 is 1.14 bits per heavy atom. The summed E-state index contributed by atoms with van der Waals surface area (Å²) in [5.74, 6) is 7.24. The van der Waals surface area contributed by atoms with Crippen molar-refractivity contribution in [3.63, 3.8) is 0 Å². The predicted molar refractivity (Wildman–Crippen MR) is 110 cm³/mol. The fourth-order valence-electron chi connectivity index (χ4n) is 2.63. The molecule has 0 bridgehead atoms. The largest absolute Gasteiger partial charge is 0.497 e.